The molecule has 2 aromatic rings. The van der Waals surface area contributed by atoms with E-state index in [2.05, 4.69) is 10.6 Å². The van der Waals surface area contributed by atoms with Gasteiger partial charge in [0.05, 0.1) is 6.54 Å². The van der Waals surface area contributed by atoms with Gasteiger partial charge in [-0.25, -0.2) is 0 Å². The van der Waals surface area contributed by atoms with Crippen LogP contribution in [0.4, 0.5) is 0 Å². The van der Waals surface area contributed by atoms with E-state index in [0.29, 0.717) is 11.6 Å². The van der Waals surface area contributed by atoms with Crippen molar-refractivity contribution in [1.29, 1.82) is 0 Å². The standard InChI is InChI=1S/C18H21ClN2O/c1-13-7-3-4-8-15(13)11-21-18(22)12-20-14(2)16-9-5-6-10-17(16)19/h3-10,14,20H,11-12H2,1-2H3,(H,21,22)/t14-/m1/s1. The van der Waals surface area contributed by atoms with Crippen molar-refractivity contribution in [3.63, 3.8) is 0 Å². The van der Waals surface area contributed by atoms with Crippen molar-refractivity contribution in [2.24, 2.45) is 0 Å². The second kappa shape index (κ2) is 7.97. The summed E-state index contributed by atoms with van der Waals surface area (Å²) >= 11 is 6.15. The molecule has 0 aliphatic carbocycles. The van der Waals surface area contributed by atoms with Crippen molar-refractivity contribution in [3.05, 3.63) is 70.2 Å². The lowest BCUT2D eigenvalue weighted by Crippen LogP contribution is -2.34. The summed E-state index contributed by atoms with van der Waals surface area (Å²) in [6, 6.07) is 15.7. The molecule has 1 amide bonds. The minimum Gasteiger partial charge on any atom is -0.351 e. The molecule has 0 heterocycles. The first-order valence-electron chi connectivity index (χ1n) is 7.37. The highest BCUT2D eigenvalue weighted by atomic mass is 35.5. The van der Waals surface area contributed by atoms with Crippen LogP contribution in [0.15, 0.2) is 48.5 Å². The number of rotatable bonds is 6. The zero-order valence-corrected chi connectivity index (χ0v) is 13.7. The predicted octanol–water partition coefficient (Wildman–Crippen LogP) is 3.62. The Bertz CT molecular complexity index is 642. The second-order valence-corrected chi connectivity index (χ2v) is 5.73. The number of carbonyl (C=O) groups is 1. The van der Waals surface area contributed by atoms with E-state index in [4.69, 9.17) is 11.6 Å². The molecule has 116 valence electrons. The van der Waals surface area contributed by atoms with E-state index in [-0.39, 0.29) is 18.5 Å². The van der Waals surface area contributed by atoms with E-state index in [9.17, 15) is 4.79 Å². The SMILES string of the molecule is Cc1ccccc1CNC(=O)CN[C@H](C)c1ccccc1Cl. The van der Waals surface area contributed by atoms with E-state index >= 15 is 0 Å². The second-order valence-electron chi connectivity index (χ2n) is 5.33. The highest BCUT2D eigenvalue weighted by Gasteiger charge is 2.10. The highest BCUT2D eigenvalue weighted by Crippen LogP contribution is 2.21. The van der Waals surface area contributed by atoms with Crippen molar-refractivity contribution in [2.45, 2.75) is 26.4 Å². The summed E-state index contributed by atoms with van der Waals surface area (Å²) in [5.74, 6) is -0.0258. The van der Waals surface area contributed by atoms with E-state index in [1.165, 1.54) is 5.56 Å². The molecule has 0 spiro atoms. The maximum atomic E-state index is 11.9. The Hall–Kier alpha value is -1.84. The molecule has 0 bridgehead atoms. The number of carbonyl (C=O) groups excluding carboxylic acids is 1. The summed E-state index contributed by atoms with van der Waals surface area (Å²) in [7, 11) is 0. The number of aryl methyl sites for hydroxylation is 1. The molecule has 2 rings (SSSR count). The summed E-state index contributed by atoms with van der Waals surface area (Å²) in [5, 5.41) is 6.83. The molecule has 0 aliphatic rings. The number of hydrogen-bond donors (Lipinski definition) is 2. The number of hydrogen-bond acceptors (Lipinski definition) is 2. The summed E-state index contributed by atoms with van der Waals surface area (Å²) in [5.41, 5.74) is 3.31. The molecular weight excluding hydrogens is 296 g/mol. The van der Waals surface area contributed by atoms with Crippen LogP contribution in [0.25, 0.3) is 0 Å². The van der Waals surface area contributed by atoms with Crippen molar-refractivity contribution in [1.82, 2.24) is 10.6 Å². The number of halogens is 1. The Labute approximate surface area is 136 Å². The number of amides is 1. The van der Waals surface area contributed by atoms with Crippen LogP contribution in [-0.4, -0.2) is 12.5 Å². The van der Waals surface area contributed by atoms with Crippen LogP contribution in [0.3, 0.4) is 0 Å². The zero-order chi connectivity index (χ0) is 15.9. The number of benzene rings is 2. The monoisotopic (exact) mass is 316 g/mol. The average Bonchev–Trinajstić information content (AvgIpc) is 2.52. The Morgan fingerprint density at radius 1 is 1.14 bits per heavy atom. The molecule has 22 heavy (non-hydrogen) atoms. The Balaban J connectivity index is 1.81. The molecule has 1 atom stereocenters. The van der Waals surface area contributed by atoms with Gasteiger partial charge in [0.25, 0.3) is 0 Å². The lowest BCUT2D eigenvalue weighted by atomic mass is 10.1. The van der Waals surface area contributed by atoms with Crippen molar-refractivity contribution in [3.8, 4) is 0 Å². The third-order valence-corrected chi connectivity index (χ3v) is 4.02. The van der Waals surface area contributed by atoms with Gasteiger partial charge in [-0.15, -0.1) is 0 Å². The van der Waals surface area contributed by atoms with Crippen LogP contribution in [0.2, 0.25) is 5.02 Å². The molecule has 0 unspecified atom stereocenters. The summed E-state index contributed by atoms with van der Waals surface area (Å²) in [6.07, 6.45) is 0. The molecule has 0 aromatic heterocycles. The molecule has 4 heteroatoms. The molecule has 0 fully saturated rings. The third kappa shape index (κ3) is 4.58. The first-order chi connectivity index (χ1) is 10.6. The van der Waals surface area contributed by atoms with E-state index in [1.54, 1.807) is 0 Å². The van der Waals surface area contributed by atoms with Gasteiger partial charge in [-0.3, -0.25) is 4.79 Å². The molecule has 0 radical (unpaired) electrons. The maximum absolute atomic E-state index is 11.9. The van der Waals surface area contributed by atoms with Crippen LogP contribution >= 0.6 is 11.6 Å². The first kappa shape index (κ1) is 16.5. The normalized spacial score (nSPS) is 12.0. The van der Waals surface area contributed by atoms with Crippen LogP contribution in [-0.2, 0) is 11.3 Å². The maximum Gasteiger partial charge on any atom is 0.234 e. The van der Waals surface area contributed by atoms with E-state index < -0.39 is 0 Å². The Morgan fingerprint density at radius 3 is 2.55 bits per heavy atom. The van der Waals surface area contributed by atoms with Crippen LogP contribution in [0.1, 0.15) is 29.7 Å². The summed E-state index contributed by atoms with van der Waals surface area (Å²) in [4.78, 5) is 11.9. The smallest absolute Gasteiger partial charge is 0.234 e. The minimum atomic E-state index is -0.0258. The van der Waals surface area contributed by atoms with Gasteiger partial charge in [0.15, 0.2) is 0 Å². The van der Waals surface area contributed by atoms with Gasteiger partial charge >= 0.3 is 0 Å². The quantitative estimate of drug-likeness (QED) is 0.854. The third-order valence-electron chi connectivity index (χ3n) is 3.68. The fourth-order valence-electron chi connectivity index (χ4n) is 2.25. The van der Waals surface area contributed by atoms with Gasteiger partial charge in [0, 0.05) is 17.6 Å². The van der Waals surface area contributed by atoms with Crippen LogP contribution < -0.4 is 10.6 Å². The zero-order valence-electron chi connectivity index (χ0n) is 12.9. The van der Waals surface area contributed by atoms with E-state index in [0.717, 1.165) is 11.1 Å². The molecule has 2 aromatic carbocycles. The summed E-state index contributed by atoms with van der Waals surface area (Å²) in [6.45, 7) is 4.85. The molecular formula is C18H21ClN2O. The summed E-state index contributed by atoms with van der Waals surface area (Å²) < 4.78 is 0. The molecule has 0 saturated carbocycles. The highest BCUT2D eigenvalue weighted by molar-refractivity contribution is 6.31. The minimum absolute atomic E-state index is 0.0258. The lowest BCUT2D eigenvalue weighted by molar-refractivity contribution is -0.120. The Morgan fingerprint density at radius 2 is 1.82 bits per heavy atom. The van der Waals surface area contributed by atoms with Gasteiger partial charge in [0.1, 0.15) is 0 Å². The molecule has 0 aliphatic heterocycles. The van der Waals surface area contributed by atoms with Gasteiger partial charge in [-0.1, -0.05) is 54.1 Å². The van der Waals surface area contributed by atoms with Gasteiger partial charge < -0.3 is 10.6 Å². The average molecular weight is 317 g/mol. The fraction of sp³-hybridized carbons (Fsp3) is 0.278. The van der Waals surface area contributed by atoms with Crippen LogP contribution in [0.5, 0.6) is 0 Å². The van der Waals surface area contributed by atoms with E-state index in [1.807, 2.05) is 62.4 Å². The largest absolute Gasteiger partial charge is 0.351 e. The van der Waals surface area contributed by atoms with Gasteiger partial charge in [-0.2, -0.15) is 0 Å². The molecule has 3 nitrogen and oxygen atoms in total. The predicted molar refractivity (Wildman–Crippen MR) is 90.9 cm³/mol. The molecule has 0 saturated heterocycles. The fourth-order valence-corrected chi connectivity index (χ4v) is 2.55. The topological polar surface area (TPSA) is 41.1 Å². The first-order valence-corrected chi connectivity index (χ1v) is 7.74. The van der Waals surface area contributed by atoms with Crippen LogP contribution in [0, 0.1) is 6.92 Å². The van der Waals surface area contributed by atoms with Gasteiger partial charge in [0.2, 0.25) is 5.91 Å². The molecule has 2 N–H and O–H groups in total. The van der Waals surface area contributed by atoms with Gasteiger partial charge in [-0.05, 0) is 36.6 Å². The van der Waals surface area contributed by atoms with Crippen molar-refractivity contribution < 1.29 is 4.79 Å². The van der Waals surface area contributed by atoms with Crippen molar-refractivity contribution in [2.75, 3.05) is 6.54 Å². The van der Waals surface area contributed by atoms with Crippen molar-refractivity contribution >= 4 is 17.5 Å². The lowest BCUT2D eigenvalue weighted by Gasteiger charge is -2.15. The Kier molecular flexibility index (Phi) is 5.99. The number of nitrogens with one attached hydrogen (secondary N) is 2.